The lowest BCUT2D eigenvalue weighted by molar-refractivity contribution is 0.0180. The van der Waals surface area contributed by atoms with Crippen LogP contribution in [0.5, 0.6) is 0 Å². The number of thiocarbonyl (C=S) groups is 1. The molecule has 5 nitrogen and oxygen atoms in total. The Morgan fingerprint density at radius 1 is 1.39 bits per heavy atom. The van der Waals surface area contributed by atoms with Crippen LogP contribution in [0.15, 0.2) is 0 Å². The molecule has 1 fully saturated rings. The Bertz CT molecular complexity index is 320. The molecule has 1 saturated heterocycles. The first-order valence-corrected chi connectivity index (χ1v) is 6.61. The van der Waals surface area contributed by atoms with Crippen molar-refractivity contribution in [3.05, 3.63) is 0 Å². The largest absolute Gasteiger partial charge is 0.444 e. The minimum Gasteiger partial charge on any atom is -0.444 e. The van der Waals surface area contributed by atoms with E-state index in [0.29, 0.717) is 24.2 Å². The SMILES string of the molecule is CN(C(N)=S)C1CCN(C(=O)OC(C)(C)C)CC1. The molecule has 0 aromatic rings. The van der Waals surface area contributed by atoms with E-state index in [1.54, 1.807) is 4.90 Å². The number of amides is 1. The highest BCUT2D eigenvalue weighted by Gasteiger charge is 2.28. The number of likely N-dealkylation sites (tertiary alicyclic amines) is 1. The normalized spacial score (nSPS) is 17.4. The smallest absolute Gasteiger partial charge is 0.410 e. The summed E-state index contributed by atoms with van der Waals surface area (Å²) in [6.45, 7) is 6.99. The fourth-order valence-corrected chi connectivity index (χ4v) is 2.09. The molecular weight excluding hydrogens is 250 g/mol. The van der Waals surface area contributed by atoms with Crippen molar-refractivity contribution in [2.75, 3.05) is 20.1 Å². The predicted molar refractivity (Wildman–Crippen MR) is 75.4 cm³/mol. The molecule has 104 valence electrons. The first-order valence-electron chi connectivity index (χ1n) is 6.21. The summed E-state index contributed by atoms with van der Waals surface area (Å²) < 4.78 is 5.34. The van der Waals surface area contributed by atoms with Crippen LogP contribution in [0.25, 0.3) is 0 Å². The van der Waals surface area contributed by atoms with Gasteiger partial charge in [-0.15, -0.1) is 0 Å². The minimum absolute atomic E-state index is 0.237. The molecule has 1 rings (SSSR count). The Morgan fingerprint density at radius 3 is 2.28 bits per heavy atom. The molecule has 0 atom stereocenters. The first kappa shape index (κ1) is 15.0. The maximum absolute atomic E-state index is 11.9. The number of nitrogens with two attached hydrogens (primary N) is 1. The van der Waals surface area contributed by atoms with Crippen LogP contribution in [-0.2, 0) is 4.74 Å². The third-order valence-corrected chi connectivity index (χ3v) is 3.30. The van der Waals surface area contributed by atoms with Gasteiger partial charge in [-0.05, 0) is 45.8 Å². The van der Waals surface area contributed by atoms with Gasteiger partial charge < -0.3 is 20.3 Å². The number of hydrogen-bond donors (Lipinski definition) is 1. The van der Waals surface area contributed by atoms with Crippen LogP contribution in [0.4, 0.5) is 4.79 Å². The average molecular weight is 273 g/mol. The molecule has 0 bridgehead atoms. The first-order chi connectivity index (χ1) is 8.20. The van der Waals surface area contributed by atoms with Crippen molar-refractivity contribution in [1.82, 2.24) is 9.80 Å². The van der Waals surface area contributed by atoms with Crippen molar-refractivity contribution < 1.29 is 9.53 Å². The van der Waals surface area contributed by atoms with Gasteiger partial charge in [0.25, 0.3) is 0 Å². The Kier molecular flexibility index (Phi) is 4.78. The lowest BCUT2D eigenvalue weighted by Crippen LogP contribution is -2.49. The molecule has 1 aliphatic rings. The zero-order valence-electron chi connectivity index (χ0n) is 11.6. The lowest BCUT2D eigenvalue weighted by Gasteiger charge is -2.37. The topological polar surface area (TPSA) is 58.8 Å². The summed E-state index contributed by atoms with van der Waals surface area (Å²) in [7, 11) is 1.90. The molecular formula is C12H23N3O2S. The summed E-state index contributed by atoms with van der Waals surface area (Å²) in [5.41, 5.74) is 5.16. The predicted octanol–water partition coefficient (Wildman–Crippen LogP) is 1.56. The second kappa shape index (κ2) is 5.73. The second-order valence-corrected chi connectivity index (χ2v) is 6.07. The van der Waals surface area contributed by atoms with E-state index in [9.17, 15) is 4.79 Å². The van der Waals surface area contributed by atoms with E-state index in [-0.39, 0.29) is 6.09 Å². The van der Waals surface area contributed by atoms with Crippen LogP contribution in [0.2, 0.25) is 0 Å². The van der Waals surface area contributed by atoms with Crippen molar-refractivity contribution in [1.29, 1.82) is 0 Å². The van der Waals surface area contributed by atoms with Crippen molar-refractivity contribution in [2.24, 2.45) is 5.73 Å². The zero-order chi connectivity index (χ0) is 13.9. The maximum atomic E-state index is 11.9. The van der Waals surface area contributed by atoms with E-state index in [0.717, 1.165) is 12.8 Å². The molecule has 0 aliphatic carbocycles. The number of carbonyl (C=O) groups is 1. The van der Waals surface area contributed by atoms with Gasteiger partial charge in [0.2, 0.25) is 0 Å². The van der Waals surface area contributed by atoms with E-state index in [1.165, 1.54) is 0 Å². The van der Waals surface area contributed by atoms with Gasteiger partial charge in [0.1, 0.15) is 5.60 Å². The molecule has 1 aliphatic heterocycles. The summed E-state index contributed by atoms with van der Waals surface area (Å²) in [5.74, 6) is 0. The lowest BCUT2D eigenvalue weighted by atomic mass is 10.0. The van der Waals surface area contributed by atoms with Gasteiger partial charge in [0.05, 0.1) is 0 Å². The highest BCUT2D eigenvalue weighted by Crippen LogP contribution is 2.18. The molecule has 0 spiro atoms. The zero-order valence-corrected chi connectivity index (χ0v) is 12.4. The number of ether oxygens (including phenoxy) is 1. The molecule has 1 heterocycles. The van der Waals surface area contributed by atoms with Gasteiger partial charge in [-0.2, -0.15) is 0 Å². The van der Waals surface area contributed by atoms with Crippen molar-refractivity contribution in [2.45, 2.75) is 45.3 Å². The highest BCUT2D eigenvalue weighted by molar-refractivity contribution is 7.80. The minimum atomic E-state index is -0.441. The van der Waals surface area contributed by atoms with Gasteiger partial charge in [-0.25, -0.2) is 4.79 Å². The van der Waals surface area contributed by atoms with E-state index < -0.39 is 5.60 Å². The summed E-state index contributed by atoms with van der Waals surface area (Å²) in [6.07, 6.45) is 1.50. The van der Waals surface area contributed by atoms with E-state index in [1.807, 2.05) is 32.7 Å². The van der Waals surface area contributed by atoms with Crippen LogP contribution < -0.4 is 5.73 Å². The molecule has 18 heavy (non-hydrogen) atoms. The molecule has 6 heteroatoms. The molecule has 0 saturated carbocycles. The van der Waals surface area contributed by atoms with Gasteiger partial charge in [-0.1, -0.05) is 0 Å². The van der Waals surface area contributed by atoms with Crippen LogP contribution in [0.1, 0.15) is 33.6 Å². The van der Waals surface area contributed by atoms with Crippen LogP contribution in [-0.4, -0.2) is 52.8 Å². The molecule has 1 amide bonds. The molecule has 0 aromatic carbocycles. The molecule has 0 unspecified atom stereocenters. The Balaban J connectivity index is 2.44. The Hall–Kier alpha value is -1.04. The molecule has 2 N–H and O–H groups in total. The van der Waals surface area contributed by atoms with Gasteiger partial charge in [-0.3, -0.25) is 0 Å². The molecule has 0 aromatic heterocycles. The summed E-state index contributed by atoms with van der Waals surface area (Å²) >= 11 is 4.95. The van der Waals surface area contributed by atoms with Crippen molar-refractivity contribution in [3.8, 4) is 0 Å². The summed E-state index contributed by atoms with van der Waals surface area (Å²) in [6, 6.07) is 0.321. The Morgan fingerprint density at radius 2 is 1.89 bits per heavy atom. The van der Waals surface area contributed by atoms with Gasteiger partial charge >= 0.3 is 6.09 Å². The fraction of sp³-hybridized carbons (Fsp3) is 0.833. The fourth-order valence-electron chi connectivity index (χ4n) is 1.94. The maximum Gasteiger partial charge on any atom is 0.410 e. The number of carbonyl (C=O) groups excluding carboxylic acids is 1. The Labute approximate surface area is 114 Å². The third kappa shape index (κ3) is 4.33. The van der Waals surface area contributed by atoms with Crippen molar-refractivity contribution >= 4 is 23.4 Å². The number of nitrogens with zero attached hydrogens (tertiary/aromatic N) is 2. The van der Waals surface area contributed by atoms with Crippen molar-refractivity contribution in [3.63, 3.8) is 0 Å². The van der Waals surface area contributed by atoms with E-state index in [2.05, 4.69) is 0 Å². The van der Waals surface area contributed by atoms with Crippen LogP contribution in [0.3, 0.4) is 0 Å². The quantitative estimate of drug-likeness (QED) is 0.735. The summed E-state index contributed by atoms with van der Waals surface area (Å²) in [4.78, 5) is 15.5. The third-order valence-electron chi connectivity index (χ3n) is 3.01. The average Bonchev–Trinajstić information content (AvgIpc) is 2.26. The van der Waals surface area contributed by atoms with Gasteiger partial charge in [0, 0.05) is 26.2 Å². The number of rotatable bonds is 1. The highest BCUT2D eigenvalue weighted by atomic mass is 32.1. The van der Waals surface area contributed by atoms with Crippen LogP contribution in [0, 0.1) is 0 Å². The standard InChI is InChI=1S/C12H23N3O2S/c1-12(2,3)17-11(16)15-7-5-9(6-8-15)14(4)10(13)18/h9H,5-8H2,1-4H3,(H2,13,18). The van der Waals surface area contributed by atoms with Crippen LogP contribution >= 0.6 is 12.2 Å². The second-order valence-electron chi connectivity index (χ2n) is 5.65. The molecule has 0 radical (unpaired) electrons. The summed E-state index contributed by atoms with van der Waals surface area (Å²) in [5, 5.41) is 0.408. The van der Waals surface area contributed by atoms with Gasteiger partial charge in [0.15, 0.2) is 5.11 Å². The van der Waals surface area contributed by atoms with E-state index in [4.69, 9.17) is 22.7 Å². The monoisotopic (exact) mass is 273 g/mol. The number of hydrogen-bond acceptors (Lipinski definition) is 3. The number of piperidine rings is 1. The van der Waals surface area contributed by atoms with E-state index >= 15 is 0 Å².